The number of fused-ring (bicyclic) bond motifs is 2. The first kappa shape index (κ1) is 16.0. The van der Waals surface area contributed by atoms with E-state index in [0.29, 0.717) is 16.1 Å². The van der Waals surface area contributed by atoms with Crippen LogP contribution in [0.1, 0.15) is 12.0 Å². The van der Waals surface area contributed by atoms with Crippen molar-refractivity contribution in [1.29, 1.82) is 0 Å². The van der Waals surface area contributed by atoms with Crippen LogP contribution < -0.4 is 0 Å². The lowest BCUT2D eigenvalue weighted by atomic mass is 10.1. The van der Waals surface area contributed by atoms with Gasteiger partial charge in [0.1, 0.15) is 0 Å². The Morgan fingerprint density at radius 3 is 2.52 bits per heavy atom. The van der Waals surface area contributed by atoms with Crippen molar-refractivity contribution in [1.82, 2.24) is 4.90 Å². The van der Waals surface area contributed by atoms with Crippen LogP contribution in [0.3, 0.4) is 0 Å². The molecule has 0 unspecified atom stereocenters. The standard InChI is InChI=1S/C19H19BrClNS/c20-18-14-10-17(23-16-8-6-15(21)7-9-16)19(18)22(12-14)11-13-4-2-1-3-5-13/h1-9,14,17-19H,10-12H2/t14-,17-,18+,19-/m1/s1. The van der Waals surface area contributed by atoms with Crippen molar-refractivity contribution >= 4 is 39.3 Å². The van der Waals surface area contributed by atoms with Crippen LogP contribution in [0.15, 0.2) is 59.5 Å². The molecule has 4 rings (SSSR count). The van der Waals surface area contributed by atoms with Gasteiger partial charge in [-0.3, -0.25) is 4.90 Å². The Morgan fingerprint density at radius 2 is 1.83 bits per heavy atom. The van der Waals surface area contributed by atoms with Gasteiger partial charge in [-0.25, -0.2) is 0 Å². The summed E-state index contributed by atoms with van der Waals surface area (Å²) in [5.74, 6) is 0.772. The normalized spacial score (nSPS) is 30.0. The highest BCUT2D eigenvalue weighted by atomic mass is 79.9. The molecule has 1 aliphatic heterocycles. The molecule has 4 atom stereocenters. The second-order valence-electron chi connectivity index (χ2n) is 6.46. The van der Waals surface area contributed by atoms with E-state index in [1.54, 1.807) is 0 Å². The van der Waals surface area contributed by atoms with Gasteiger partial charge >= 0.3 is 0 Å². The summed E-state index contributed by atoms with van der Waals surface area (Å²) in [5, 5.41) is 1.47. The zero-order valence-corrected chi connectivity index (χ0v) is 15.9. The lowest BCUT2D eigenvalue weighted by molar-refractivity contribution is 0.211. The first-order valence-corrected chi connectivity index (χ1v) is 10.2. The van der Waals surface area contributed by atoms with Crippen molar-refractivity contribution < 1.29 is 0 Å². The van der Waals surface area contributed by atoms with Crippen molar-refractivity contribution in [2.45, 2.75) is 34.0 Å². The van der Waals surface area contributed by atoms with Gasteiger partial charge in [-0.2, -0.15) is 0 Å². The Kier molecular flexibility index (Phi) is 4.73. The van der Waals surface area contributed by atoms with Crippen molar-refractivity contribution in [3.05, 3.63) is 65.2 Å². The van der Waals surface area contributed by atoms with E-state index in [9.17, 15) is 0 Å². The van der Waals surface area contributed by atoms with Gasteiger partial charge in [-0.1, -0.05) is 57.9 Å². The van der Waals surface area contributed by atoms with E-state index in [2.05, 4.69) is 63.3 Å². The number of hydrogen-bond acceptors (Lipinski definition) is 2. The molecule has 1 aliphatic carbocycles. The summed E-state index contributed by atoms with van der Waals surface area (Å²) in [7, 11) is 0. The molecule has 0 amide bonds. The molecule has 2 aromatic rings. The van der Waals surface area contributed by atoms with Gasteiger partial charge in [-0.15, -0.1) is 11.8 Å². The molecule has 1 saturated carbocycles. The first-order chi connectivity index (χ1) is 11.2. The number of thioether (sulfide) groups is 1. The zero-order valence-electron chi connectivity index (χ0n) is 12.7. The van der Waals surface area contributed by atoms with E-state index >= 15 is 0 Å². The monoisotopic (exact) mass is 407 g/mol. The molecule has 2 fully saturated rings. The first-order valence-electron chi connectivity index (χ1n) is 8.05. The average molecular weight is 409 g/mol. The maximum absolute atomic E-state index is 6.00. The Balaban J connectivity index is 1.48. The van der Waals surface area contributed by atoms with Crippen LogP contribution in [-0.4, -0.2) is 27.6 Å². The largest absolute Gasteiger partial charge is 0.294 e. The Hall–Kier alpha value is -0.480. The summed E-state index contributed by atoms with van der Waals surface area (Å²) in [6.07, 6.45) is 1.30. The van der Waals surface area contributed by atoms with Crippen LogP contribution in [0.25, 0.3) is 0 Å². The molecule has 1 nitrogen and oxygen atoms in total. The minimum absolute atomic E-state index is 0.612. The van der Waals surface area contributed by atoms with Gasteiger partial charge in [0.25, 0.3) is 0 Å². The van der Waals surface area contributed by atoms with E-state index in [1.807, 2.05) is 23.9 Å². The van der Waals surface area contributed by atoms with Gasteiger partial charge in [0, 0.05) is 39.1 Å². The van der Waals surface area contributed by atoms with E-state index in [4.69, 9.17) is 11.6 Å². The van der Waals surface area contributed by atoms with Crippen LogP contribution in [0.5, 0.6) is 0 Å². The minimum Gasteiger partial charge on any atom is -0.294 e. The van der Waals surface area contributed by atoms with Crippen LogP contribution in [-0.2, 0) is 6.54 Å². The molecule has 4 heteroatoms. The maximum Gasteiger partial charge on any atom is 0.0406 e. The highest BCUT2D eigenvalue weighted by Crippen LogP contribution is 2.49. The van der Waals surface area contributed by atoms with E-state index < -0.39 is 0 Å². The average Bonchev–Trinajstić information content (AvgIpc) is 3.02. The third-order valence-electron chi connectivity index (χ3n) is 4.91. The molecule has 2 bridgehead atoms. The lowest BCUT2D eigenvalue weighted by Crippen LogP contribution is -2.40. The summed E-state index contributed by atoms with van der Waals surface area (Å²) < 4.78 is 0. The van der Waals surface area contributed by atoms with Gasteiger partial charge in [0.05, 0.1) is 0 Å². The summed E-state index contributed by atoms with van der Waals surface area (Å²) in [6.45, 7) is 2.27. The smallest absolute Gasteiger partial charge is 0.0406 e. The van der Waals surface area contributed by atoms with Crippen molar-refractivity contribution in [2.75, 3.05) is 6.54 Å². The van der Waals surface area contributed by atoms with Crippen LogP contribution >= 0.6 is 39.3 Å². The predicted octanol–water partition coefficient (Wildman–Crippen LogP) is 5.47. The number of benzene rings is 2. The number of likely N-dealkylation sites (tertiary alicyclic amines) is 1. The predicted molar refractivity (Wildman–Crippen MR) is 103 cm³/mol. The number of alkyl halides is 1. The molecule has 1 saturated heterocycles. The highest BCUT2D eigenvalue weighted by molar-refractivity contribution is 9.09. The van der Waals surface area contributed by atoms with Gasteiger partial charge < -0.3 is 0 Å². The van der Waals surface area contributed by atoms with Crippen LogP contribution in [0.2, 0.25) is 5.02 Å². The number of nitrogens with zero attached hydrogens (tertiary/aromatic N) is 1. The van der Waals surface area contributed by atoms with E-state index in [1.165, 1.54) is 23.4 Å². The van der Waals surface area contributed by atoms with Gasteiger partial charge in [0.2, 0.25) is 0 Å². The SMILES string of the molecule is Clc1ccc(S[C@@H]2C[C@@H]3CN(Cc4ccccc4)[C@H]2[C@H]3Br)cc1. The minimum atomic E-state index is 0.612. The molecular weight excluding hydrogens is 390 g/mol. The van der Waals surface area contributed by atoms with Crippen LogP contribution in [0, 0.1) is 5.92 Å². The summed E-state index contributed by atoms with van der Waals surface area (Å²) in [4.78, 5) is 4.61. The maximum atomic E-state index is 6.00. The second kappa shape index (κ2) is 6.79. The van der Waals surface area contributed by atoms with Crippen molar-refractivity contribution in [3.8, 4) is 0 Å². The summed E-state index contributed by atoms with van der Waals surface area (Å²) in [6, 6.07) is 19.7. The Bertz CT molecular complexity index is 663. The Labute approximate surface area is 155 Å². The molecule has 23 heavy (non-hydrogen) atoms. The molecule has 0 spiro atoms. The highest BCUT2D eigenvalue weighted by Gasteiger charge is 2.51. The third kappa shape index (κ3) is 3.34. The molecule has 2 aromatic carbocycles. The van der Waals surface area contributed by atoms with Crippen molar-refractivity contribution in [2.24, 2.45) is 5.92 Å². The topological polar surface area (TPSA) is 3.24 Å². The number of rotatable bonds is 4. The number of hydrogen-bond donors (Lipinski definition) is 0. The molecule has 0 aromatic heterocycles. The molecule has 1 heterocycles. The quantitative estimate of drug-likeness (QED) is 0.617. The molecule has 0 radical (unpaired) electrons. The zero-order chi connectivity index (χ0) is 15.8. The molecular formula is C19H19BrClNS. The van der Waals surface area contributed by atoms with Gasteiger partial charge in [-0.05, 0) is 42.2 Å². The van der Waals surface area contributed by atoms with Gasteiger partial charge in [0.15, 0.2) is 0 Å². The number of piperidine rings is 1. The second-order valence-corrected chi connectivity index (χ2v) is 9.26. The van der Waals surface area contributed by atoms with Crippen molar-refractivity contribution in [3.63, 3.8) is 0 Å². The Morgan fingerprint density at radius 1 is 1.09 bits per heavy atom. The summed E-state index contributed by atoms with van der Waals surface area (Å²) in [5.41, 5.74) is 1.41. The summed E-state index contributed by atoms with van der Waals surface area (Å²) >= 11 is 12.0. The fourth-order valence-electron chi connectivity index (χ4n) is 3.88. The molecule has 2 aliphatic rings. The molecule has 0 N–H and O–H groups in total. The molecule has 120 valence electrons. The van der Waals surface area contributed by atoms with E-state index in [0.717, 1.165) is 17.5 Å². The third-order valence-corrected chi connectivity index (χ3v) is 7.77. The van der Waals surface area contributed by atoms with Crippen LogP contribution in [0.4, 0.5) is 0 Å². The number of halogens is 2. The lowest BCUT2D eigenvalue weighted by Gasteiger charge is -2.33. The fraction of sp³-hybridized carbons (Fsp3) is 0.368. The van der Waals surface area contributed by atoms with E-state index in [-0.39, 0.29) is 0 Å². The fourth-order valence-corrected chi connectivity index (χ4v) is 6.76.